The molecule has 0 aliphatic heterocycles. The van der Waals surface area contributed by atoms with Crippen molar-refractivity contribution in [2.75, 3.05) is 0 Å². The number of fused-ring (bicyclic) bond motifs is 1. The molecule has 2 heterocycles. The molecule has 90 valence electrons. The van der Waals surface area contributed by atoms with Crippen molar-refractivity contribution in [2.45, 2.75) is 25.3 Å². The Morgan fingerprint density at radius 2 is 2.18 bits per heavy atom. The van der Waals surface area contributed by atoms with Gasteiger partial charge in [-0.15, -0.1) is 0 Å². The first kappa shape index (κ1) is 12.6. The summed E-state index contributed by atoms with van der Waals surface area (Å²) < 4.78 is 5.71. The molecular weight excluding hydrogens is 304 g/mol. The van der Waals surface area contributed by atoms with E-state index in [4.69, 9.17) is 16.3 Å². The van der Waals surface area contributed by atoms with Crippen LogP contribution in [0, 0.1) is 0 Å². The summed E-state index contributed by atoms with van der Waals surface area (Å²) in [7, 11) is 0. The van der Waals surface area contributed by atoms with Crippen molar-refractivity contribution >= 4 is 38.6 Å². The van der Waals surface area contributed by atoms with Crippen molar-refractivity contribution in [2.24, 2.45) is 0 Å². The summed E-state index contributed by atoms with van der Waals surface area (Å²) in [6.07, 6.45) is 1.82. The van der Waals surface area contributed by atoms with Gasteiger partial charge in [0.25, 0.3) is 0 Å². The number of rotatable bonds is 3. The molecule has 0 spiro atoms. The fraction of sp³-hybridized carbons (Fsp3) is 0.333. The van der Waals surface area contributed by atoms with E-state index in [1.165, 1.54) is 0 Å². The predicted octanol–water partition coefficient (Wildman–Crippen LogP) is 3.97. The Bertz CT molecular complexity index is 545. The largest absolute Gasteiger partial charge is 0.489 e. The third-order valence-corrected chi connectivity index (χ3v) is 3.01. The van der Waals surface area contributed by atoms with E-state index in [9.17, 15) is 0 Å². The van der Waals surface area contributed by atoms with Crippen LogP contribution in [0.15, 0.2) is 18.3 Å². The molecule has 17 heavy (non-hydrogen) atoms. The van der Waals surface area contributed by atoms with E-state index in [2.05, 4.69) is 25.9 Å². The predicted molar refractivity (Wildman–Crippen MR) is 72.9 cm³/mol. The van der Waals surface area contributed by atoms with Crippen LogP contribution in [-0.2, 0) is 5.33 Å². The number of pyridine rings is 2. The Balaban J connectivity index is 2.66. The van der Waals surface area contributed by atoms with E-state index in [-0.39, 0.29) is 6.10 Å². The van der Waals surface area contributed by atoms with Crippen molar-refractivity contribution in [1.82, 2.24) is 9.97 Å². The van der Waals surface area contributed by atoms with Crippen LogP contribution in [0.3, 0.4) is 0 Å². The van der Waals surface area contributed by atoms with E-state index in [0.717, 1.165) is 16.8 Å². The molecule has 0 saturated carbocycles. The number of ether oxygens (including phenoxy) is 1. The highest BCUT2D eigenvalue weighted by Gasteiger charge is 2.11. The van der Waals surface area contributed by atoms with E-state index in [1.807, 2.05) is 26.0 Å². The highest BCUT2D eigenvalue weighted by molar-refractivity contribution is 9.08. The minimum absolute atomic E-state index is 0.0915. The number of hydrogen-bond acceptors (Lipinski definition) is 3. The SMILES string of the molecule is CC(C)Oc1ccnc2c(CBr)cc(Cl)nc12. The molecule has 3 nitrogen and oxygen atoms in total. The first-order chi connectivity index (χ1) is 8.11. The number of hydrogen-bond donors (Lipinski definition) is 0. The quantitative estimate of drug-likeness (QED) is 0.635. The molecule has 0 saturated heterocycles. The van der Waals surface area contributed by atoms with E-state index >= 15 is 0 Å². The van der Waals surface area contributed by atoms with E-state index in [1.54, 1.807) is 6.20 Å². The molecule has 2 rings (SSSR count). The Morgan fingerprint density at radius 1 is 1.41 bits per heavy atom. The fourth-order valence-electron chi connectivity index (χ4n) is 1.58. The molecule has 2 aromatic heterocycles. The summed E-state index contributed by atoms with van der Waals surface area (Å²) in [4.78, 5) is 8.62. The van der Waals surface area contributed by atoms with Gasteiger partial charge >= 0.3 is 0 Å². The normalized spacial score (nSPS) is 11.1. The van der Waals surface area contributed by atoms with Crippen molar-refractivity contribution in [1.29, 1.82) is 0 Å². The average molecular weight is 316 g/mol. The van der Waals surface area contributed by atoms with Gasteiger partial charge in [-0.3, -0.25) is 4.98 Å². The molecule has 0 fully saturated rings. The minimum atomic E-state index is 0.0915. The lowest BCUT2D eigenvalue weighted by Crippen LogP contribution is -2.06. The molecule has 5 heteroatoms. The van der Waals surface area contributed by atoms with Gasteiger partial charge in [0.1, 0.15) is 16.4 Å². The molecule has 0 aliphatic rings. The van der Waals surface area contributed by atoms with Gasteiger partial charge in [0.15, 0.2) is 0 Å². The third kappa shape index (κ3) is 2.69. The number of halogens is 2. The lowest BCUT2D eigenvalue weighted by atomic mass is 10.2. The second-order valence-electron chi connectivity index (χ2n) is 3.91. The van der Waals surface area contributed by atoms with Gasteiger partial charge in [0.05, 0.1) is 11.6 Å². The molecule has 0 radical (unpaired) electrons. The molecule has 0 unspecified atom stereocenters. The lowest BCUT2D eigenvalue weighted by Gasteiger charge is -2.12. The zero-order chi connectivity index (χ0) is 12.4. The smallest absolute Gasteiger partial charge is 0.149 e. The van der Waals surface area contributed by atoms with Crippen LogP contribution >= 0.6 is 27.5 Å². The Kier molecular flexibility index (Phi) is 3.84. The van der Waals surface area contributed by atoms with Gasteiger partial charge in [-0.25, -0.2) is 4.98 Å². The summed E-state index contributed by atoms with van der Waals surface area (Å²) >= 11 is 9.42. The maximum absolute atomic E-state index is 6.00. The standard InChI is InChI=1S/C12H12BrClN2O/c1-7(2)17-9-3-4-15-11-8(6-13)5-10(14)16-12(9)11/h3-5,7H,6H2,1-2H3. The zero-order valence-corrected chi connectivity index (χ0v) is 11.9. The summed E-state index contributed by atoms with van der Waals surface area (Å²) in [5.74, 6) is 0.717. The second kappa shape index (κ2) is 5.19. The highest BCUT2D eigenvalue weighted by Crippen LogP contribution is 2.28. The van der Waals surface area contributed by atoms with Gasteiger partial charge in [-0.1, -0.05) is 27.5 Å². The molecule has 0 aromatic carbocycles. The molecular formula is C12H12BrClN2O. The molecule has 0 N–H and O–H groups in total. The van der Waals surface area contributed by atoms with Crippen molar-refractivity contribution in [3.63, 3.8) is 0 Å². The maximum Gasteiger partial charge on any atom is 0.149 e. The van der Waals surface area contributed by atoms with Crippen LogP contribution in [0.2, 0.25) is 5.15 Å². The molecule has 0 atom stereocenters. The first-order valence-corrected chi connectivity index (χ1v) is 6.78. The lowest BCUT2D eigenvalue weighted by molar-refractivity contribution is 0.245. The Morgan fingerprint density at radius 3 is 2.82 bits per heavy atom. The van der Waals surface area contributed by atoms with Crippen LogP contribution in [-0.4, -0.2) is 16.1 Å². The summed E-state index contributed by atoms with van der Waals surface area (Å²) in [6, 6.07) is 3.62. The van der Waals surface area contributed by atoms with Gasteiger partial charge < -0.3 is 4.74 Å². The summed E-state index contributed by atoms with van der Waals surface area (Å²) in [6.45, 7) is 3.95. The molecule has 2 aromatic rings. The Labute approximate surface area is 113 Å². The van der Waals surface area contributed by atoms with Crippen molar-refractivity contribution in [3.05, 3.63) is 29.0 Å². The van der Waals surface area contributed by atoms with Crippen LogP contribution in [0.4, 0.5) is 0 Å². The third-order valence-electron chi connectivity index (χ3n) is 2.21. The van der Waals surface area contributed by atoms with Crippen LogP contribution < -0.4 is 4.74 Å². The first-order valence-electron chi connectivity index (χ1n) is 5.28. The minimum Gasteiger partial charge on any atom is -0.489 e. The van der Waals surface area contributed by atoms with Crippen LogP contribution in [0.25, 0.3) is 11.0 Å². The van der Waals surface area contributed by atoms with Crippen molar-refractivity contribution < 1.29 is 4.74 Å². The number of nitrogens with zero attached hydrogens (tertiary/aromatic N) is 2. The molecule has 0 amide bonds. The van der Waals surface area contributed by atoms with E-state index in [0.29, 0.717) is 16.0 Å². The molecule has 0 bridgehead atoms. The second-order valence-corrected chi connectivity index (χ2v) is 4.86. The van der Waals surface area contributed by atoms with Gasteiger partial charge in [0, 0.05) is 17.6 Å². The zero-order valence-electron chi connectivity index (χ0n) is 9.58. The summed E-state index contributed by atoms with van der Waals surface area (Å²) in [5.41, 5.74) is 2.54. The van der Waals surface area contributed by atoms with Gasteiger partial charge in [-0.05, 0) is 25.5 Å². The Hall–Kier alpha value is -0.870. The van der Waals surface area contributed by atoms with Crippen LogP contribution in [0.1, 0.15) is 19.4 Å². The fourth-order valence-corrected chi connectivity index (χ4v) is 2.23. The summed E-state index contributed by atoms with van der Waals surface area (Å²) in [5, 5.41) is 1.14. The topological polar surface area (TPSA) is 35.0 Å². The molecule has 0 aliphatic carbocycles. The average Bonchev–Trinajstić information content (AvgIpc) is 2.28. The van der Waals surface area contributed by atoms with Gasteiger partial charge in [0.2, 0.25) is 0 Å². The highest BCUT2D eigenvalue weighted by atomic mass is 79.9. The monoisotopic (exact) mass is 314 g/mol. The van der Waals surface area contributed by atoms with Crippen molar-refractivity contribution in [3.8, 4) is 5.75 Å². The number of alkyl halides is 1. The van der Waals surface area contributed by atoms with Gasteiger partial charge in [-0.2, -0.15) is 0 Å². The number of aromatic nitrogens is 2. The van der Waals surface area contributed by atoms with E-state index < -0.39 is 0 Å². The maximum atomic E-state index is 6.00. The van der Waals surface area contributed by atoms with Crippen LogP contribution in [0.5, 0.6) is 5.75 Å².